The molecule has 1 N–H and O–H groups in total. The molecule has 0 saturated heterocycles. The quantitative estimate of drug-likeness (QED) is 0.883. The van der Waals surface area contributed by atoms with Crippen molar-refractivity contribution in [3.05, 3.63) is 53.1 Å². The van der Waals surface area contributed by atoms with Crippen LogP contribution in [0.4, 0.5) is 4.39 Å². The summed E-state index contributed by atoms with van der Waals surface area (Å²) < 4.78 is 14.0. The van der Waals surface area contributed by atoms with Crippen LogP contribution in [-0.4, -0.2) is 16.1 Å². The van der Waals surface area contributed by atoms with Gasteiger partial charge in [0.1, 0.15) is 5.82 Å². The van der Waals surface area contributed by atoms with Crippen LogP contribution in [-0.2, 0) is 0 Å². The number of carbonyl (C=O) groups is 1. The van der Waals surface area contributed by atoms with Gasteiger partial charge in [0.2, 0.25) is 0 Å². The Morgan fingerprint density at radius 2 is 2.06 bits per heavy atom. The molecule has 0 saturated carbocycles. The molecule has 0 fully saturated rings. The second kappa shape index (κ2) is 4.56. The minimum atomic E-state index is -1.16. The third-order valence-electron chi connectivity index (χ3n) is 2.71. The van der Waals surface area contributed by atoms with Gasteiger partial charge >= 0.3 is 5.97 Å². The maximum absolute atomic E-state index is 14.0. The van der Waals surface area contributed by atoms with E-state index in [0.717, 1.165) is 5.56 Å². The van der Waals surface area contributed by atoms with E-state index in [0.29, 0.717) is 16.7 Å². The molecule has 3 nitrogen and oxygen atoms in total. The van der Waals surface area contributed by atoms with Crippen LogP contribution in [0.3, 0.4) is 0 Å². The minimum absolute atomic E-state index is 0.136. The molecule has 18 heavy (non-hydrogen) atoms. The number of rotatable bonds is 2. The van der Waals surface area contributed by atoms with Crippen LogP contribution in [0.5, 0.6) is 0 Å². The topological polar surface area (TPSA) is 50.2 Å². The zero-order valence-corrected chi connectivity index (χ0v) is 10.1. The molecular formula is C14H12FNO2. The van der Waals surface area contributed by atoms with Gasteiger partial charge in [-0.2, -0.15) is 0 Å². The lowest BCUT2D eigenvalue weighted by atomic mass is 9.97. The van der Waals surface area contributed by atoms with Crippen LogP contribution in [0.1, 0.15) is 21.6 Å². The fraction of sp³-hybridized carbons (Fsp3) is 0.143. The molecule has 4 heteroatoms. The summed E-state index contributed by atoms with van der Waals surface area (Å²) in [5.74, 6) is -1.59. The van der Waals surface area contributed by atoms with Gasteiger partial charge in [0.15, 0.2) is 5.69 Å². The molecule has 2 aromatic rings. The van der Waals surface area contributed by atoms with Gasteiger partial charge in [-0.3, -0.25) is 0 Å². The zero-order valence-electron chi connectivity index (χ0n) is 10.1. The number of hydrogen-bond donors (Lipinski definition) is 1. The Morgan fingerprint density at radius 1 is 1.33 bits per heavy atom. The molecule has 1 aromatic heterocycles. The molecule has 0 amide bonds. The lowest BCUT2D eigenvalue weighted by Gasteiger charge is -2.10. The molecule has 0 atom stereocenters. The van der Waals surface area contributed by atoms with E-state index in [1.54, 1.807) is 26.0 Å². The number of aromatic carboxylic acids is 1. The first-order chi connectivity index (χ1) is 8.50. The summed E-state index contributed by atoms with van der Waals surface area (Å²) in [7, 11) is 0. The van der Waals surface area contributed by atoms with E-state index in [1.807, 2.05) is 6.07 Å². The number of carboxylic acids is 1. The summed E-state index contributed by atoms with van der Waals surface area (Å²) in [6.45, 7) is 3.55. The van der Waals surface area contributed by atoms with E-state index in [2.05, 4.69) is 4.98 Å². The van der Waals surface area contributed by atoms with Gasteiger partial charge in [0, 0.05) is 17.3 Å². The first-order valence-electron chi connectivity index (χ1n) is 5.46. The van der Waals surface area contributed by atoms with Gasteiger partial charge in [-0.05, 0) is 37.1 Å². The molecule has 0 spiro atoms. The monoisotopic (exact) mass is 245 g/mol. The number of halogens is 1. The largest absolute Gasteiger partial charge is 0.476 e. The van der Waals surface area contributed by atoms with Gasteiger partial charge in [0.25, 0.3) is 0 Å². The molecule has 0 unspecified atom stereocenters. The number of aryl methyl sites for hydroxylation is 2. The minimum Gasteiger partial charge on any atom is -0.476 e. The van der Waals surface area contributed by atoms with Crippen LogP contribution in [0.2, 0.25) is 0 Å². The van der Waals surface area contributed by atoms with Gasteiger partial charge < -0.3 is 5.11 Å². The van der Waals surface area contributed by atoms with Gasteiger partial charge in [-0.15, -0.1) is 0 Å². The highest BCUT2D eigenvalue weighted by atomic mass is 19.1. The van der Waals surface area contributed by atoms with E-state index >= 15 is 0 Å². The number of pyridine rings is 1. The van der Waals surface area contributed by atoms with E-state index in [-0.39, 0.29) is 5.69 Å². The Morgan fingerprint density at radius 3 is 2.67 bits per heavy atom. The first kappa shape index (κ1) is 12.2. The van der Waals surface area contributed by atoms with Crippen molar-refractivity contribution < 1.29 is 14.3 Å². The summed E-state index contributed by atoms with van der Waals surface area (Å²) in [6, 6.07) is 6.37. The lowest BCUT2D eigenvalue weighted by Crippen LogP contribution is -2.04. The summed E-state index contributed by atoms with van der Waals surface area (Å²) in [5.41, 5.74) is 1.96. The third-order valence-corrected chi connectivity index (χ3v) is 2.71. The number of hydrogen-bond acceptors (Lipinski definition) is 2. The molecule has 1 heterocycles. The average molecular weight is 245 g/mol. The standard InChI is InChI=1S/C14H12FNO2/c1-8-6-9(2)12(11(15)7-8)10-4-3-5-16-13(10)14(17)18/h3-7H,1-2H3,(H,17,18). The third kappa shape index (κ3) is 2.09. The molecular weight excluding hydrogens is 233 g/mol. The van der Waals surface area contributed by atoms with E-state index in [9.17, 15) is 9.18 Å². The van der Waals surface area contributed by atoms with Crippen molar-refractivity contribution in [2.24, 2.45) is 0 Å². The van der Waals surface area contributed by atoms with Crippen LogP contribution in [0.25, 0.3) is 11.1 Å². The average Bonchev–Trinajstić information content (AvgIpc) is 2.28. The zero-order chi connectivity index (χ0) is 13.3. The molecule has 0 aliphatic carbocycles. The smallest absolute Gasteiger partial charge is 0.355 e. The maximum atomic E-state index is 14.0. The SMILES string of the molecule is Cc1cc(C)c(-c2cccnc2C(=O)O)c(F)c1. The molecule has 0 aliphatic rings. The highest BCUT2D eigenvalue weighted by Gasteiger charge is 2.17. The summed E-state index contributed by atoms with van der Waals surface area (Å²) in [6.07, 6.45) is 1.38. The van der Waals surface area contributed by atoms with Gasteiger partial charge in [-0.1, -0.05) is 12.1 Å². The molecule has 0 radical (unpaired) electrons. The second-order valence-corrected chi connectivity index (χ2v) is 4.14. The molecule has 92 valence electrons. The first-order valence-corrected chi connectivity index (χ1v) is 5.46. The second-order valence-electron chi connectivity index (χ2n) is 4.14. The highest BCUT2D eigenvalue weighted by Crippen LogP contribution is 2.29. The molecule has 1 aromatic carbocycles. The van der Waals surface area contributed by atoms with Crippen molar-refractivity contribution in [2.75, 3.05) is 0 Å². The number of nitrogens with zero attached hydrogens (tertiary/aromatic N) is 1. The van der Waals surface area contributed by atoms with Crippen molar-refractivity contribution in [1.29, 1.82) is 0 Å². The molecule has 0 bridgehead atoms. The fourth-order valence-electron chi connectivity index (χ4n) is 2.03. The fourth-order valence-corrected chi connectivity index (χ4v) is 2.03. The summed E-state index contributed by atoms with van der Waals surface area (Å²) in [4.78, 5) is 14.9. The van der Waals surface area contributed by atoms with E-state index in [4.69, 9.17) is 5.11 Å². The van der Waals surface area contributed by atoms with Crippen LogP contribution in [0.15, 0.2) is 30.5 Å². The van der Waals surface area contributed by atoms with Crippen molar-refractivity contribution >= 4 is 5.97 Å². The van der Waals surface area contributed by atoms with Crippen molar-refractivity contribution in [3.63, 3.8) is 0 Å². The van der Waals surface area contributed by atoms with Crippen molar-refractivity contribution in [3.8, 4) is 11.1 Å². The van der Waals surface area contributed by atoms with Crippen LogP contribution >= 0.6 is 0 Å². The predicted molar refractivity (Wildman–Crippen MR) is 66.1 cm³/mol. The number of benzene rings is 1. The summed E-state index contributed by atoms with van der Waals surface area (Å²) >= 11 is 0. The van der Waals surface area contributed by atoms with E-state index < -0.39 is 11.8 Å². The van der Waals surface area contributed by atoms with E-state index in [1.165, 1.54) is 12.3 Å². The molecule has 0 aliphatic heterocycles. The molecule has 2 rings (SSSR count). The van der Waals surface area contributed by atoms with Crippen molar-refractivity contribution in [2.45, 2.75) is 13.8 Å². The van der Waals surface area contributed by atoms with Gasteiger partial charge in [0.05, 0.1) is 0 Å². The lowest BCUT2D eigenvalue weighted by molar-refractivity contribution is 0.0691. The Kier molecular flexibility index (Phi) is 3.10. The number of aromatic nitrogens is 1. The highest BCUT2D eigenvalue weighted by molar-refractivity contribution is 5.94. The van der Waals surface area contributed by atoms with Crippen LogP contribution < -0.4 is 0 Å². The Hall–Kier alpha value is -2.23. The maximum Gasteiger partial charge on any atom is 0.355 e. The van der Waals surface area contributed by atoms with Gasteiger partial charge in [-0.25, -0.2) is 14.2 Å². The predicted octanol–water partition coefficient (Wildman–Crippen LogP) is 3.20. The van der Waals surface area contributed by atoms with Crippen molar-refractivity contribution in [1.82, 2.24) is 4.98 Å². The Balaban J connectivity index is 2.74. The summed E-state index contributed by atoms with van der Waals surface area (Å²) in [5, 5.41) is 9.08. The Labute approximate surface area is 104 Å². The normalized spacial score (nSPS) is 10.4. The number of carboxylic acid groups (broad SMARTS) is 1. The Bertz CT molecular complexity index is 600. The van der Waals surface area contributed by atoms with Crippen LogP contribution in [0, 0.1) is 19.7 Å².